The normalized spacial score (nSPS) is 11.3. The van der Waals surface area contributed by atoms with Gasteiger partial charge >= 0.3 is 0 Å². The maximum absolute atomic E-state index is 9.86. The van der Waals surface area contributed by atoms with Crippen LogP contribution in [0.25, 0.3) is 0 Å². The first-order valence-corrected chi connectivity index (χ1v) is 1.67. The second-order valence-corrected chi connectivity index (χ2v) is 1.05. The highest BCUT2D eigenvalue weighted by molar-refractivity contribution is 6.37. The molecule has 0 saturated carbocycles. The smallest absolute Gasteiger partial charge is 0.266 e. The molecule has 0 aromatic carbocycles. The standard InChI is InChI=1S/C3H6N2O2/c1-2(5-7)3(4)6/h7H,1H3,(H2,4,6)/b5-2-. The Morgan fingerprint density at radius 1 is 1.86 bits per heavy atom. The fourth-order valence-corrected chi connectivity index (χ4v) is 0.0493. The molecule has 0 saturated heterocycles. The predicted octanol–water partition coefficient (Wildman–Crippen LogP) is -0.678. The van der Waals surface area contributed by atoms with Gasteiger partial charge in [-0.3, -0.25) is 4.79 Å². The van der Waals surface area contributed by atoms with Crippen molar-refractivity contribution in [3.8, 4) is 0 Å². The third kappa shape index (κ3) is 1.75. The van der Waals surface area contributed by atoms with Crippen LogP contribution in [0.5, 0.6) is 0 Å². The van der Waals surface area contributed by atoms with Crippen molar-refractivity contribution in [2.24, 2.45) is 10.9 Å². The van der Waals surface area contributed by atoms with Crippen LogP contribution in [-0.2, 0) is 4.79 Å². The number of amides is 1. The van der Waals surface area contributed by atoms with E-state index >= 15 is 0 Å². The van der Waals surface area contributed by atoms with E-state index in [1.807, 2.05) is 0 Å². The minimum atomic E-state index is -0.706. The van der Waals surface area contributed by atoms with Gasteiger partial charge in [0, 0.05) is 0 Å². The summed E-state index contributed by atoms with van der Waals surface area (Å²) in [5, 5.41) is 10.3. The van der Waals surface area contributed by atoms with E-state index in [1.165, 1.54) is 6.92 Å². The molecule has 0 aromatic heterocycles. The van der Waals surface area contributed by atoms with Crippen molar-refractivity contribution in [2.75, 3.05) is 0 Å². The average Bonchev–Trinajstić information content (AvgIpc) is 1.65. The van der Waals surface area contributed by atoms with E-state index < -0.39 is 5.91 Å². The maximum Gasteiger partial charge on any atom is 0.266 e. The number of nitrogens with zero attached hydrogens (tertiary/aromatic N) is 1. The second kappa shape index (κ2) is 2.17. The first kappa shape index (κ1) is 5.94. The van der Waals surface area contributed by atoms with Gasteiger partial charge in [-0.2, -0.15) is 0 Å². The Morgan fingerprint density at radius 2 is 2.29 bits per heavy atom. The number of nitrogens with two attached hydrogens (primary N) is 1. The van der Waals surface area contributed by atoms with Gasteiger partial charge in [0.1, 0.15) is 5.71 Å². The van der Waals surface area contributed by atoms with Gasteiger partial charge in [-0.15, -0.1) is 0 Å². The molecule has 7 heavy (non-hydrogen) atoms. The molecule has 1 amide bonds. The Balaban J connectivity index is 3.82. The van der Waals surface area contributed by atoms with Crippen molar-refractivity contribution in [3.05, 3.63) is 0 Å². The summed E-state index contributed by atoms with van der Waals surface area (Å²) < 4.78 is 0. The third-order valence-corrected chi connectivity index (χ3v) is 0.507. The lowest BCUT2D eigenvalue weighted by Crippen LogP contribution is -2.19. The summed E-state index contributed by atoms with van der Waals surface area (Å²) in [5.74, 6) is -0.706. The zero-order valence-corrected chi connectivity index (χ0v) is 3.88. The fraction of sp³-hybridized carbons (Fsp3) is 0.333. The van der Waals surface area contributed by atoms with Gasteiger partial charge in [-0.05, 0) is 6.92 Å². The molecule has 0 atom stereocenters. The molecule has 4 nitrogen and oxygen atoms in total. The van der Waals surface area contributed by atoms with Crippen LogP contribution in [0, 0.1) is 0 Å². The van der Waals surface area contributed by atoms with Crippen molar-refractivity contribution < 1.29 is 10.0 Å². The van der Waals surface area contributed by atoms with Crippen LogP contribution in [0.4, 0.5) is 0 Å². The summed E-state index contributed by atoms with van der Waals surface area (Å²) in [7, 11) is 0. The van der Waals surface area contributed by atoms with Crippen molar-refractivity contribution in [1.82, 2.24) is 0 Å². The number of carbonyl (C=O) groups is 1. The summed E-state index contributed by atoms with van der Waals surface area (Å²) in [6.45, 7) is 1.32. The fourth-order valence-electron chi connectivity index (χ4n) is 0.0493. The minimum absolute atomic E-state index is 0.0833. The van der Waals surface area contributed by atoms with Crippen LogP contribution in [-0.4, -0.2) is 16.8 Å². The van der Waals surface area contributed by atoms with Gasteiger partial charge in [-0.25, -0.2) is 0 Å². The Kier molecular flexibility index (Phi) is 1.84. The quantitative estimate of drug-likeness (QED) is 0.261. The Labute approximate surface area is 40.6 Å². The molecule has 0 aliphatic carbocycles. The van der Waals surface area contributed by atoms with Crippen molar-refractivity contribution >= 4 is 11.6 Å². The number of hydrogen-bond donors (Lipinski definition) is 2. The molecule has 40 valence electrons. The molecule has 0 aliphatic rings. The van der Waals surface area contributed by atoms with Crippen LogP contribution in [0.2, 0.25) is 0 Å². The maximum atomic E-state index is 9.86. The van der Waals surface area contributed by atoms with E-state index in [0.29, 0.717) is 0 Å². The van der Waals surface area contributed by atoms with Crippen LogP contribution in [0.3, 0.4) is 0 Å². The van der Waals surface area contributed by atoms with Crippen molar-refractivity contribution in [3.63, 3.8) is 0 Å². The van der Waals surface area contributed by atoms with Crippen molar-refractivity contribution in [1.29, 1.82) is 0 Å². The summed E-state index contributed by atoms with van der Waals surface area (Å²) in [5.41, 5.74) is 4.53. The largest absolute Gasteiger partial charge is 0.410 e. The van der Waals surface area contributed by atoms with E-state index in [1.54, 1.807) is 0 Å². The molecular formula is C3H6N2O2. The van der Waals surface area contributed by atoms with Crippen LogP contribution < -0.4 is 5.73 Å². The summed E-state index contributed by atoms with van der Waals surface area (Å²) in [6.07, 6.45) is 0. The lowest BCUT2D eigenvalue weighted by atomic mass is 10.4. The SMILES string of the molecule is C/C(=N/O)C(N)=O. The van der Waals surface area contributed by atoms with Gasteiger partial charge in [0.15, 0.2) is 0 Å². The highest BCUT2D eigenvalue weighted by atomic mass is 16.4. The molecule has 0 aromatic rings. The highest BCUT2D eigenvalue weighted by Crippen LogP contribution is 1.67. The van der Waals surface area contributed by atoms with Gasteiger partial charge in [-0.1, -0.05) is 5.16 Å². The van der Waals surface area contributed by atoms with E-state index in [4.69, 9.17) is 5.21 Å². The molecular weight excluding hydrogens is 96.0 g/mol. The monoisotopic (exact) mass is 102 g/mol. The lowest BCUT2D eigenvalue weighted by molar-refractivity contribution is -0.112. The van der Waals surface area contributed by atoms with Gasteiger partial charge in [0.25, 0.3) is 5.91 Å². The lowest BCUT2D eigenvalue weighted by Gasteiger charge is -1.82. The van der Waals surface area contributed by atoms with Gasteiger partial charge in [0.2, 0.25) is 0 Å². The van der Waals surface area contributed by atoms with E-state index in [9.17, 15) is 4.79 Å². The predicted molar refractivity (Wildman–Crippen MR) is 24.1 cm³/mol. The molecule has 0 fully saturated rings. The molecule has 0 aliphatic heterocycles. The zero-order chi connectivity index (χ0) is 5.86. The summed E-state index contributed by atoms with van der Waals surface area (Å²) in [6, 6.07) is 0. The van der Waals surface area contributed by atoms with Crippen LogP contribution in [0.15, 0.2) is 5.16 Å². The zero-order valence-electron chi connectivity index (χ0n) is 3.88. The molecule has 3 N–H and O–H groups in total. The number of hydrogen-bond acceptors (Lipinski definition) is 3. The molecule has 0 radical (unpaired) electrons. The molecule has 0 rings (SSSR count). The van der Waals surface area contributed by atoms with Crippen LogP contribution >= 0.6 is 0 Å². The summed E-state index contributed by atoms with van der Waals surface area (Å²) >= 11 is 0. The number of carbonyl (C=O) groups excluding carboxylic acids is 1. The highest BCUT2D eigenvalue weighted by Gasteiger charge is 1.95. The van der Waals surface area contributed by atoms with Gasteiger partial charge in [0.05, 0.1) is 0 Å². The topological polar surface area (TPSA) is 75.7 Å². The molecule has 0 heterocycles. The van der Waals surface area contributed by atoms with Crippen LogP contribution in [0.1, 0.15) is 6.92 Å². The summed E-state index contributed by atoms with van der Waals surface area (Å²) in [4.78, 5) is 9.86. The average molecular weight is 102 g/mol. The first-order valence-electron chi connectivity index (χ1n) is 1.67. The Bertz CT molecular complexity index is 108. The number of primary amides is 1. The number of oxime groups is 1. The van der Waals surface area contributed by atoms with E-state index in [-0.39, 0.29) is 5.71 Å². The van der Waals surface area contributed by atoms with Crippen molar-refractivity contribution in [2.45, 2.75) is 6.92 Å². The minimum Gasteiger partial charge on any atom is -0.410 e. The molecule has 0 unspecified atom stereocenters. The molecule has 0 spiro atoms. The molecule has 0 bridgehead atoms. The molecule has 4 heteroatoms. The third-order valence-electron chi connectivity index (χ3n) is 0.507. The van der Waals surface area contributed by atoms with Gasteiger partial charge < -0.3 is 10.9 Å². The number of rotatable bonds is 1. The first-order chi connectivity index (χ1) is 3.18. The Morgan fingerprint density at radius 3 is 2.29 bits per heavy atom. The van der Waals surface area contributed by atoms with E-state index in [0.717, 1.165) is 0 Å². The van der Waals surface area contributed by atoms with E-state index in [2.05, 4.69) is 10.9 Å². The second-order valence-electron chi connectivity index (χ2n) is 1.05. The Hall–Kier alpha value is -1.06.